The zero-order chi connectivity index (χ0) is 24.3. The van der Waals surface area contributed by atoms with Crippen molar-refractivity contribution in [1.29, 1.82) is 5.26 Å². The van der Waals surface area contributed by atoms with E-state index < -0.39 is 0 Å². The van der Waals surface area contributed by atoms with Crippen LogP contribution >= 0.6 is 0 Å². The Hall–Kier alpha value is -4.03. The molecule has 0 amide bonds. The Morgan fingerprint density at radius 2 is 1.85 bits per heavy atom. The molecule has 0 unspecified atom stereocenters. The number of nitrogens with two attached hydrogens (primary N) is 1. The van der Waals surface area contributed by atoms with Crippen LogP contribution in [0.1, 0.15) is 24.8 Å². The third kappa shape index (κ3) is 6.05. The Labute approximate surface area is 198 Å². The van der Waals surface area contributed by atoms with Gasteiger partial charge in [0.05, 0.1) is 49.9 Å². The van der Waals surface area contributed by atoms with Crippen molar-refractivity contribution in [3.8, 4) is 23.3 Å². The monoisotopic (exact) mass is 464 g/mol. The Morgan fingerprint density at radius 3 is 2.59 bits per heavy atom. The molecule has 1 heterocycles. The fourth-order valence-electron chi connectivity index (χ4n) is 3.29. The molecule has 3 aromatic rings. The first-order valence-corrected chi connectivity index (χ1v) is 10.9. The maximum atomic E-state index is 11.3. The first-order valence-electron chi connectivity index (χ1n) is 10.9. The molecule has 0 fully saturated rings. The van der Waals surface area contributed by atoms with Gasteiger partial charge in [-0.1, -0.05) is 12.1 Å². The lowest BCUT2D eigenvalue weighted by atomic mass is 10.1. The molecule has 2 aromatic carbocycles. The van der Waals surface area contributed by atoms with Gasteiger partial charge in [-0.2, -0.15) is 5.26 Å². The predicted octanol–water partition coefficient (Wildman–Crippen LogP) is 3.92. The van der Waals surface area contributed by atoms with Crippen LogP contribution in [0.5, 0.6) is 17.2 Å². The van der Waals surface area contributed by atoms with E-state index in [9.17, 15) is 10.1 Å². The summed E-state index contributed by atoms with van der Waals surface area (Å²) in [5, 5.41) is 13.8. The number of pyridine rings is 1. The second kappa shape index (κ2) is 12.3. The largest absolute Gasteiger partial charge is 0.493 e. The zero-order valence-corrected chi connectivity index (χ0v) is 19.3. The minimum atomic E-state index is -0.281. The highest BCUT2D eigenvalue weighted by atomic mass is 16.5. The second-order valence-electron chi connectivity index (χ2n) is 7.32. The average Bonchev–Trinajstić information content (AvgIpc) is 2.87. The fraction of sp³-hybridized carbons (Fsp3) is 0.320. The quantitative estimate of drug-likeness (QED) is 0.303. The standard InChI is InChI=1S/C25H28N4O5/c1-31-22-14-20-18(13-23(22)34-12-6-10-26)25(17(15-27)16-28-20)29-19-7-3-4-8-21(19)33-11-5-9-24(30)32-2/h3-4,7-8,13-14,16H,5-6,9-12,26H2,1-2H3,(H,28,29). The molecular formula is C25H28N4O5. The van der Waals surface area contributed by atoms with Gasteiger partial charge in [-0.3, -0.25) is 9.78 Å². The van der Waals surface area contributed by atoms with Gasteiger partial charge >= 0.3 is 5.97 Å². The Kier molecular flexibility index (Phi) is 8.88. The van der Waals surface area contributed by atoms with Crippen LogP contribution in [-0.2, 0) is 9.53 Å². The summed E-state index contributed by atoms with van der Waals surface area (Å²) in [5.41, 5.74) is 7.83. The Morgan fingerprint density at radius 1 is 1.09 bits per heavy atom. The van der Waals surface area contributed by atoms with Crippen molar-refractivity contribution in [2.75, 3.05) is 39.3 Å². The van der Waals surface area contributed by atoms with E-state index in [1.54, 1.807) is 19.2 Å². The number of nitriles is 1. The molecule has 9 nitrogen and oxygen atoms in total. The lowest BCUT2D eigenvalue weighted by Crippen LogP contribution is -2.07. The number of rotatable bonds is 12. The highest BCUT2D eigenvalue weighted by molar-refractivity contribution is 5.98. The first-order chi connectivity index (χ1) is 16.6. The molecule has 0 radical (unpaired) electrons. The van der Waals surface area contributed by atoms with Crippen molar-refractivity contribution in [3.05, 3.63) is 48.2 Å². The summed E-state index contributed by atoms with van der Waals surface area (Å²) in [6.45, 7) is 1.29. The molecule has 0 saturated carbocycles. The van der Waals surface area contributed by atoms with Crippen molar-refractivity contribution in [1.82, 2.24) is 4.98 Å². The van der Waals surface area contributed by atoms with Crippen LogP contribution in [0.2, 0.25) is 0 Å². The van der Waals surface area contributed by atoms with Gasteiger partial charge in [-0.25, -0.2) is 0 Å². The van der Waals surface area contributed by atoms with Gasteiger partial charge in [0.1, 0.15) is 11.8 Å². The molecule has 0 aliphatic carbocycles. The molecule has 1 aromatic heterocycles. The Bertz CT molecular complexity index is 1180. The minimum absolute atomic E-state index is 0.272. The number of benzene rings is 2. The maximum Gasteiger partial charge on any atom is 0.305 e. The molecule has 0 aliphatic heterocycles. The van der Waals surface area contributed by atoms with Crippen molar-refractivity contribution in [3.63, 3.8) is 0 Å². The van der Waals surface area contributed by atoms with Gasteiger partial charge in [-0.05, 0) is 37.6 Å². The highest BCUT2D eigenvalue weighted by Crippen LogP contribution is 2.38. The summed E-state index contributed by atoms with van der Waals surface area (Å²) >= 11 is 0. The summed E-state index contributed by atoms with van der Waals surface area (Å²) < 4.78 is 21.9. The molecule has 9 heteroatoms. The van der Waals surface area contributed by atoms with E-state index in [-0.39, 0.29) is 12.4 Å². The van der Waals surface area contributed by atoms with Crippen molar-refractivity contribution in [2.24, 2.45) is 5.73 Å². The third-order valence-electron chi connectivity index (χ3n) is 5.04. The Balaban J connectivity index is 1.94. The van der Waals surface area contributed by atoms with E-state index in [0.717, 1.165) is 0 Å². The summed E-state index contributed by atoms with van der Waals surface area (Å²) in [4.78, 5) is 15.7. The molecule has 0 aliphatic rings. The number of carbonyl (C=O) groups is 1. The lowest BCUT2D eigenvalue weighted by molar-refractivity contribution is -0.140. The number of methoxy groups -OCH3 is 2. The minimum Gasteiger partial charge on any atom is -0.493 e. The third-order valence-corrected chi connectivity index (χ3v) is 5.04. The van der Waals surface area contributed by atoms with Gasteiger partial charge in [-0.15, -0.1) is 0 Å². The number of nitrogens with one attached hydrogen (secondary N) is 1. The van der Waals surface area contributed by atoms with E-state index in [1.165, 1.54) is 13.3 Å². The zero-order valence-electron chi connectivity index (χ0n) is 19.3. The molecule has 0 spiro atoms. The fourth-order valence-corrected chi connectivity index (χ4v) is 3.29. The van der Waals surface area contributed by atoms with Gasteiger partial charge < -0.3 is 30.0 Å². The van der Waals surface area contributed by atoms with E-state index in [4.69, 9.17) is 19.9 Å². The second-order valence-corrected chi connectivity index (χ2v) is 7.32. The van der Waals surface area contributed by atoms with E-state index >= 15 is 0 Å². The number of fused-ring (bicyclic) bond motifs is 1. The highest BCUT2D eigenvalue weighted by Gasteiger charge is 2.16. The lowest BCUT2D eigenvalue weighted by Gasteiger charge is -2.17. The number of hydrogen-bond acceptors (Lipinski definition) is 9. The number of aromatic nitrogens is 1. The maximum absolute atomic E-state index is 11.3. The number of ether oxygens (including phenoxy) is 4. The SMILES string of the molecule is COC(=O)CCCOc1ccccc1Nc1c(C#N)cnc2cc(OC)c(OCCCN)cc12. The molecule has 0 atom stereocenters. The topological polar surface area (TPSA) is 129 Å². The number of carbonyl (C=O) groups excluding carboxylic acids is 1. The summed E-state index contributed by atoms with van der Waals surface area (Å²) in [5.74, 6) is 1.39. The van der Waals surface area contributed by atoms with Crippen LogP contribution < -0.4 is 25.3 Å². The molecule has 3 N–H and O–H groups in total. The predicted molar refractivity (Wildman–Crippen MR) is 129 cm³/mol. The van der Waals surface area contributed by atoms with Gasteiger partial charge in [0.25, 0.3) is 0 Å². The van der Waals surface area contributed by atoms with E-state index in [1.807, 2.05) is 24.3 Å². The van der Waals surface area contributed by atoms with Crippen LogP contribution in [0.25, 0.3) is 10.9 Å². The van der Waals surface area contributed by atoms with Crippen molar-refractivity contribution in [2.45, 2.75) is 19.3 Å². The van der Waals surface area contributed by atoms with Crippen molar-refractivity contribution >= 4 is 28.2 Å². The van der Waals surface area contributed by atoms with Gasteiger partial charge in [0.2, 0.25) is 0 Å². The van der Waals surface area contributed by atoms with Crippen LogP contribution in [0.3, 0.4) is 0 Å². The van der Waals surface area contributed by atoms with Crippen LogP contribution in [0.15, 0.2) is 42.6 Å². The van der Waals surface area contributed by atoms with E-state index in [2.05, 4.69) is 21.1 Å². The average molecular weight is 465 g/mol. The summed E-state index contributed by atoms with van der Waals surface area (Å²) in [7, 11) is 2.92. The van der Waals surface area contributed by atoms with Crippen LogP contribution in [-0.4, -0.2) is 44.9 Å². The van der Waals surface area contributed by atoms with Gasteiger partial charge in [0.15, 0.2) is 11.5 Å². The smallest absolute Gasteiger partial charge is 0.305 e. The molecule has 34 heavy (non-hydrogen) atoms. The number of hydrogen-bond donors (Lipinski definition) is 2. The molecule has 0 saturated heterocycles. The number of anilines is 2. The van der Waals surface area contributed by atoms with E-state index in [0.29, 0.717) is 77.7 Å². The normalized spacial score (nSPS) is 10.4. The number of esters is 1. The van der Waals surface area contributed by atoms with Crippen LogP contribution in [0.4, 0.5) is 11.4 Å². The molecule has 0 bridgehead atoms. The van der Waals surface area contributed by atoms with Crippen molar-refractivity contribution < 1.29 is 23.7 Å². The first kappa shape index (κ1) is 24.6. The molecule has 178 valence electrons. The van der Waals surface area contributed by atoms with Crippen LogP contribution in [0, 0.1) is 11.3 Å². The molecule has 3 rings (SSSR count). The number of nitrogens with zero attached hydrogens (tertiary/aromatic N) is 2. The molecular weight excluding hydrogens is 436 g/mol. The van der Waals surface area contributed by atoms with Gasteiger partial charge in [0, 0.05) is 24.1 Å². The summed E-state index contributed by atoms with van der Waals surface area (Å²) in [6.07, 6.45) is 3.00. The summed E-state index contributed by atoms with van der Waals surface area (Å²) in [6, 6.07) is 13.2. The number of para-hydroxylation sites is 2.